The number of anilines is 1. The number of halogens is 1. The van der Waals surface area contributed by atoms with Gasteiger partial charge in [0.05, 0.1) is 18.4 Å². The molecule has 1 amide bonds. The second-order valence-electron chi connectivity index (χ2n) is 3.63. The number of hydrogen-bond acceptors (Lipinski definition) is 3. The molecule has 1 aromatic heterocycles. The number of hydrogen-bond donors (Lipinski definition) is 2. The first kappa shape index (κ1) is 12.9. The minimum absolute atomic E-state index is 0.160. The molecule has 2 rings (SSSR count). The van der Waals surface area contributed by atoms with Gasteiger partial charge in [-0.1, -0.05) is 11.8 Å². The van der Waals surface area contributed by atoms with Gasteiger partial charge in [0.2, 0.25) is 0 Å². The van der Waals surface area contributed by atoms with Crippen LogP contribution in [0.3, 0.4) is 0 Å². The van der Waals surface area contributed by atoms with E-state index in [1.807, 2.05) is 0 Å². The first-order valence-electron chi connectivity index (χ1n) is 5.54. The van der Waals surface area contributed by atoms with Gasteiger partial charge >= 0.3 is 0 Å². The number of furan rings is 1. The Morgan fingerprint density at radius 3 is 2.89 bits per heavy atom. The van der Waals surface area contributed by atoms with Crippen LogP contribution in [0.5, 0.6) is 0 Å². The molecule has 0 aliphatic heterocycles. The predicted molar refractivity (Wildman–Crippen MR) is 69.0 cm³/mol. The van der Waals surface area contributed by atoms with Crippen LogP contribution in [0.25, 0.3) is 0 Å². The van der Waals surface area contributed by atoms with Crippen LogP contribution in [0.15, 0.2) is 41.0 Å². The summed E-state index contributed by atoms with van der Waals surface area (Å²) < 4.78 is 18.6. The van der Waals surface area contributed by atoms with E-state index in [-0.39, 0.29) is 17.9 Å². The summed E-state index contributed by atoms with van der Waals surface area (Å²) in [6.07, 6.45) is 1.39. The van der Waals surface area contributed by atoms with Crippen LogP contribution in [-0.4, -0.2) is 12.5 Å². The molecule has 0 aliphatic carbocycles. The molecule has 4 nitrogen and oxygen atoms in total. The first-order chi connectivity index (χ1) is 9.20. The number of nitrogens with one attached hydrogen (secondary N) is 1. The molecule has 0 saturated carbocycles. The van der Waals surface area contributed by atoms with Gasteiger partial charge in [-0.2, -0.15) is 0 Å². The fourth-order valence-electron chi connectivity index (χ4n) is 1.44. The zero-order valence-corrected chi connectivity index (χ0v) is 9.94. The highest BCUT2D eigenvalue weighted by Gasteiger charge is 2.09. The third-order valence-electron chi connectivity index (χ3n) is 2.30. The molecule has 96 valence electrons. The lowest BCUT2D eigenvalue weighted by molar-refractivity contribution is 0.0996. The summed E-state index contributed by atoms with van der Waals surface area (Å²) in [5, 5.41) is 2.52. The molecule has 0 saturated heterocycles. The van der Waals surface area contributed by atoms with E-state index >= 15 is 0 Å². The van der Waals surface area contributed by atoms with Crippen molar-refractivity contribution < 1.29 is 13.6 Å². The van der Waals surface area contributed by atoms with E-state index in [2.05, 4.69) is 17.2 Å². The van der Waals surface area contributed by atoms with E-state index in [9.17, 15) is 9.18 Å². The van der Waals surface area contributed by atoms with E-state index < -0.39 is 11.7 Å². The second kappa shape index (κ2) is 5.85. The monoisotopic (exact) mass is 258 g/mol. The molecular formula is C14H11FN2O2. The van der Waals surface area contributed by atoms with Gasteiger partial charge < -0.3 is 15.5 Å². The van der Waals surface area contributed by atoms with Gasteiger partial charge in [-0.3, -0.25) is 4.79 Å². The molecule has 0 aliphatic rings. The number of carbonyl (C=O) groups excluding carboxylic acids is 1. The van der Waals surface area contributed by atoms with Crippen LogP contribution in [-0.2, 0) is 0 Å². The zero-order chi connectivity index (χ0) is 13.7. The largest absolute Gasteiger partial charge is 0.459 e. The predicted octanol–water partition coefficient (Wildman–Crippen LogP) is 1.98. The molecule has 0 spiro atoms. The third kappa shape index (κ3) is 3.21. The molecular weight excluding hydrogens is 247 g/mol. The minimum Gasteiger partial charge on any atom is -0.459 e. The number of benzene rings is 1. The van der Waals surface area contributed by atoms with Gasteiger partial charge in [-0.05, 0) is 30.3 Å². The van der Waals surface area contributed by atoms with Crippen molar-refractivity contribution in [1.29, 1.82) is 0 Å². The van der Waals surface area contributed by atoms with E-state index in [0.29, 0.717) is 5.69 Å². The van der Waals surface area contributed by atoms with Crippen LogP contribution in [0.1, 0.15) is 16.1 Å². The lowest BCUT2D eigenvalue weighted by Crippen LogP contribution is -2.11. The Labute approximate surface area is 109 Å². The molecule has 0 unspecified atom stereocenters. The summed E-state index contributed by atoms with van der Waals surface area (Å²) in [4.78, 5) is 11.7. The highest BCUT2D eigenvalue weighted by molar-refractivity contribution is 6.02. The zero-order valence-electron chi connectivity index (χ0n) is 9.94. The fraction of sp³-hybridized carbons (Fsp3) is 0.0714. The van der Waals surface area contributed by atoms with Crippen LogP contribution in [0.2, 0.25) is 0 Å². The summed E-state index contributed by atoms with van der Waals surface area (Å²) in [5.74, 6) is 4.37. The van der Waals surface area contributed by atoms with Crippen molar-refractivity contribution in [1.82, 2.24) is 0 Å². The standard InChI is InChI=1S/C14H11FN2O2/c15-12-9-11(6-5-10(12)3-1-7-16)17-14(18)13-4-2-8-19-13/h2,4-6,8-9H,7,16H2,(H,17,18). The third-order valence-corrected chi connectivity index (χ3v) is 2.30. The average molecular weight is 258 g/mol. The molecule has 2 aromatic rings. The molecule has 1 heterocycles. The molecule has 0 fully saturated rings. The number of nitrogens with two attached hydrogens (primary N) is 1. The molecule has 0 bridgehead atoms. The molecule has 0 radical (unpaired) electrons. The van der Waals surface area contributed by atoms with E-state index in [1.54, 1.807) is 12.1 Å². The van der Waals surface area contributed by atoms with Crippen LogP contribution >= 0.6 is 0 Å². The summed E-state index contributed by atoms with van der Waals surface area (Å²) in [6, 6.07) is 7.36. The number of rotatable bonds is 2. The smallest absolute Gasteiger partial charge is 0.291 e. The molecule has 3 N–H and O–H groups in total. The Hall–Kier alpha value is -2.58. The summed E-state index contributed by atoms with van der Waals surface area (Å²) in [5.41, 5.74) is 5.78. The molecule has 1 aromatic carbocycles. The second-order valence-corrected chi connectivity index (χ2v) is 3.63. The molecule has 0 atom stereocenters. The van der Waals surface area contributed by atoms with E-state index in [1.165, 1.54) is 24.5 Å². The lowest BCUT2D eigenvalue weighted by atomic mass is 10.2. The number of amides is 1. The van der Waals surface area contributed by atoms with E-state index in [4.69, 9.17) is 10.2 Å². The van der Waals surface area contributed by atoms with Gasteiger partial charge in [0.25, 0.3) is 5.91 Å². The number of carbonyl (C=O) groups is 1. The van der Waals surface area contributed by atoms with Crippen molar-refractivity contribution >= 4 is 11.6 Å². The maximum absolute atomic E-state index is 13.6. The van der Waals surface area contributed by atoms with Crippen molar-refractivity contribution in [3.8, 4) is 11.8 Å². The van der Waals surface area contributed by atoms with Gasteiger partial charge in [-0.15, -0.1) is 0 Å². The van der Waals surface area contributed by atoms with Gasteiger partial charge in [0.15, 0.2) is 5.76 Å². The Morgan fingerprint density at radius 1 is 1.42 bits per heavy atom. The van der Waals surface area contributed by atoms with Gasteiger partial charge in [0, 0.05) is 5.69 Å². The minimum atomic E-state index is -0.516. The average Bonchev–Trinajstić information content (AvgIpc) is 2.92. The Bertz CT molecular complexity index is 639. The van der Waals surface area contributed by atoms with Crippen molar-refractivity contribution in [2.75, 3.05) is 11.9 Å². The molecule has 5 heteroatoms. The van der Waals surface area contributed by atoms with Crippen LogP contribution in [0, 0.1) is 17.7 Å². The summed E-state index contributed by atoms with van der Waals surface area (Å²) in [7, 11) is 0. The van der Waals surface area contributed by atoms with Crippen molar-refractivity contribution in [2.45, 2.75) is 0 Å². The maximum atomic E-state index is 13.6. The highest BCUT2D eigenvalue weighted by atomic mass is 19.1. The molecule has 19 heavy (non-hydrogen) atoms. The Balaban J connectivity index is 2.14. The van der Waals surface area contributed by atoms with Crippen LogP contribution < -0.4 is 11.1 Å². The van der Waals surface area contributed by atoms with Gasteiger partial charge in [0.1, 0.15) is 5.82 Å². The van der Waals surface area contributed by atoms with Crippen molar-refractivity contribution in [2.24, 2.45) is 5.73 Å². The highest BCUT2D eigenvalue weighted by Crippen LogP contribution is 2.15. The Morgan fingerprint density at radius 2 is 2.26 bits per heavy atom. The SMILES string of the molecule is NCC#Cc1ccc(NC(=O)c2ccco2)cc1F. The lowest BCUT2D eigenvalue weighted by Gasteiger charge is -2.04. The van der Waals surface area contributed by atoms with Crippen molar-refractivity contribution in [3.63, 3.8) is 0 Å². The first-order valence-corrected chi connectivity index (χ1v) is 5.54. The van der Waals surface area contributed by atoms with Crippen LogP contribution in [0.4, 0.5) is 10.1 Å². The summed E-state index contributed by atoms with van der Waals surface area (Å²) >= 11 is 0. The summed E-state index contributed by atoms with van der Waals surface area (Å²) in [6.45, 7) is 0.163. The van der Waals surface area contributed by atoms with Crippen molar-refractivity contribution in [3.05, 3.63) is 53.7 Å². The van der Waals surface area contributed by atoms with E-state index in [0.717, 1.165) is 0 Å². The fourth-order valence-corrected chi connectivity index (χ4v) is 1.44. The maximum Gasteiger partial charge on any atom is 0.291 e. The quantitative estimate of drug-likeness (QED) is 0.809. The Kier molecular flexibility index (Phi) is 3.96. The van der Waals surface area contributed by atoms with Gasteiger partial charge in [-0.25, -0.2) is 4.39 Å². The topological polar surface area (TPSA) is 68.3 Å². The normalized spacial score (nSPS) is 9.58.